The lowest BCUT2D eigenvalue weighted by Gasteiger charge is -2.12. The zero-order valence-corrected chi connectivity index (χ0v) is 10.3. The molecule has 1 aromatic heterocycles. The molecule has 15 heavy (non-hydrogen) atoms. The van der Waals surface area contributed by atoms with Crippen LogP contribution in [-0.4, -0.2) is 4.57 Å². The van der Waals surface area contributed by atoms with E-state index in [9.17, 15) is 0 Å². The molecule has 76 valence electrons. The van der Waals surface area contributed by atoms with Crippen molar-refractivity contribution in [3.63, 3.8) is 0 Å². The molecular formula is C13H12BrN. The molecule has 0 saturated carbocycles. The van der Waals surface area contributed by atoms with Gasteiger partial charge in [0.2, 0.25) is 0 Å². The maximum atomic E-state index is 3.63. The number of halogens is 1. The van der Waals surface area contributed by atoms with Gasteiger partial charge in [0.25, 0.3) is 0 Å². The van der Waals surface area contributed by atoms with Crippen LogP contribution >= 0.6 is 15.9 Å². The fraction of sp³-hybridized carbons (Fsp3) is 0.308. The van der Waals surface area contributed by atoms with E-state index in [2.05, 4.69) is 52.2 Å². The molecule has 0 spiro atoms. The minimum Gasteiger partial charge on any atom is -0.346 e. The average molecular weight is 262 g/mol. The van der Waals surface area contributed by atoms with Gasteiger partial charge in [-0.15, -0.1) is 0 Å². The van der Waals surface area contributed by atoms with Crippen molar-refractivity contribution < 1.29 is 0 Å². The van der Waals surface area contributed by atoms with Crippen LogP contribution in [0.2, 0.25) is 0 Å². The highest BCUT2D eigenvalue weighted by Crippen LogP contribution is 2.34. The lowest BCUT2D eigenvalue weighted by Crippen LogP contribution is -2.05. The van der Waals surface area contributed by atoms with E-state index >= 15 is 0 Å². The van der Waals surface area contributed by atoms with Gasteiger partial charge in [-0.1, -0.05) is 12.1 Å². The number of nitrogens with zero attached hydrogens (tertiary/aromatic N) is 1. The molecule has 1 aliphatic rings. The number of aromatic nitrogens is 1. The maximum absolute atomic E-state index is 3.63. The van der Waals surface area contributed by atoms with Gasteiger partial charge in [-0.3, -0.25) is 0 Å². The first-order chi connectivity index (χ1) is 7.29. The van der Waals surface area contributed by atoms with Gasteiger partial charge in [0.05, 0.1) is 5.52 Å². The van der Waals surface area contributed by atoms with E-state index in [1.807, 2.05) is 0 Å². The van der Waals surface area contributed by atoms with Crippen molar-refractivity contribution in [2.75, 3.05) is 0 Å². The quantitative estimate of drug-likeness (QED) is 0.684. The number of hydrogen-bond acceptors (Lipinski definition) is 0. The topological polar surface area (TPSA) is 4.93 Å². The second-order valence-corrected chi connectivity index (χ2v) is 4.90. The average Bonchev–Trinajstić information content (AvgIpc) is 2.55. The highest BCUT2D eigenvalue weighted by Gasteiger charge is 2.19. The van der Waals surface area contributed by atoms with Gasteiger partial charge in [0, 0.05) is 22.6 Å². The SMILES string of the molecule is Cn1c2c(c3cccc(Br)c31)C[C]CC2. The maximum Gasteiger partial charge on any atom is 0.0627 e. The molecule has 0 saturated heterocycles. The first-order valence-corrected chi connectivity index (χ1v) is 6.03. The largest absolute Gasteiger partial charge is 0.346 e. The van der Waals surface area contributed by atoms with Gasteiger partial charge < -0.3 is 4.57 Å². The first-order valence-electron chi connectivity index (χ1n) is 5.24. The van der Waals surface area contributed by atoms with Gasteiger partial charge in [0.15, 0.2) is 0 Å². The van der Waals surface area contributed by atoms with Crippen LogP contribution in [-0.2, 0) is 19.9 Å². The summed E-state index contributed by atoms with van der Waals surface area (Å²) in [6, 6.07) is 6.44. The Bertz CT molecular complexity index is 525. The number of rotatable bonds is 0. The summed E-state index contributed by atoms with van der Waals surface area (Å²) in [5.41, 5.74) is 4.28. The Morgan fingerprint density at radius 3 is 3.13 bits per heavy atom. The molecule has 0 N–H and O–H groups in total. The van der Waals surface area contributed by atoms with E-state index in [1.165, 1.54) is 26.6 Å². The van der Waals surface area contributed by atoms with Crippen LogP contribution in [0.15, 0.2) is 22.7 Å². The molecule has 2 aromatic rings. The number of para-hydroxylation sites is 1. The third-order valence-electron chi connectivity index (χ3n) is 3.24. The summed E-state index contributed by atoms with van der Waals surface area (Å²) < 4.78 is 3.52. The normalized spacial score (nSPS) is 15.6. The predicted molar refractivity (Wildman–Crippen MR) is 65.9 cm³/mol. The van der Waals surface area contributed by atoms with Crippen molar-refractivity contribution in [2.24, 2.45) is 7.05 Å². The van der Waals surface area contributed by atoms with E-state index in [-0.39, 0.29) is 0 Å². The molecule has 0 aliphatic heterocycles. The Labute approximate surface area is 98.2 Å². The molecule has 0 fully saturated rings. The number of aryl methyl sites for hydroxylation is 1. The summed E-state index contributed by atoms with van der Waals surface area (Å²) in [6.07, 6.45) is 6.66. The van der Waals surface area contributed by atoms with Crippen LogP contribution in [0.1, 0.15) is 17.7 Å². The van der Waals surface area contributed by atoms with Crippen molar-refractivity contribution in [1.29, 1.82) is 0 Å². The van der Waals surface area contributed by atoms with E-state index in [4.69, 9.17) is 0 Å². The fourth-order valence-electron chi connectivity index (χ4n) is 2.53. The standard InChI is InChI=1S/C13H12BrN/c1-15-12-8-3-2-5-9(12)10-6-4-7-11(14)13(10)15/h4,6-7H,3,5,8H2,1H3. The predicted octanol–water partition coefficient (Wildman–Crippen LogP) is 3.51. The van der Waals surface area contributed by atoms with Gasteiger partial charge >= 0.3 is 0 Å². The van der Waals surface area contributed by atoms with Crippen LogP contribution in [0.3, 0.4) is 0 Å². The van der Waals surface area contributed by atoms with Crippen LogP contribution in [0.5, 0.6) is 0 Å². The Morgan fingerprint density at radius 2 is 2.27 bits per heavy atom. The first kappa shape index (κ1) is 9.46. The highest BCUT2D eigenvalue weighted by atomic mass is 79.9. The van der Waals surface area contributed by atoms with E-state index in [0.717, 1.165) is 19.3 Å². The molecule has 1 heterocycles. The monoisotopic (exact) mass is 261 g/mol. The van der Waals surface area contributed by atoms with Crippen molar-refractivity contribution >= 4 is 26.8 Å². The highest BCUT2D eigenvalue weighted by molar-refractivity contribution is 9.10. The molecule has 0 atom stereocenters. The van der Waals surface area contributed by atoms with Crippen LogP contribution in [0.25, 0.3) is 10.9 Å². The van der Waals surface area contributed by atoms with E-state index in [1.54, 1.807) is 0 Å². The van der Waals surface area contributed by atoms with Crippen LogP contribution < -0.4 is 0 Å². The minimum absolute atomic E-state index is 1.00. The lowest BCUT2D eigenvalue weighted by atomic mass is 9.96. The number of fused-ring (bicyclic) bond motifs is 3. The Hall–Kier alpha value is -0.760. The Morgan fingerprint density at radius 1 is 1.40 bits per heavy atom. The van der Waals surface area contributed by atoms with Crippen LogP contribution in [0, 0.1) is 6.42 Å². The second-order valence-electron chi connectivity index (χ2n) is 4.05. The Balaban J connectivity index is 2.44. The molecule has 1 aliphatic carbocycles. The van der Waals surface area contributed by atoms with Crippen molar-refractivity contribution in [3.8, 4) is 0 Å². The second kappa shape index (κ2) is 3.38. The zero-order chi connectivity index (χ0) is 10.4. The van der Waals surface area contributed by atoms with E-state index in [0.29, 0.717) is 0 Å². The summed E-state index contributed by atoms with van der Waals surface area (Å²) in [6.45, 7) is 0. The molecule has 2 radical (unpaired) electrons. The summed E-state index contributed by atoms with van der Waals surface area (Å²) in [5, 5.41) is 1.38. The number of benzene rings is 1. The zero-order valence-electron chi connectivity index (χ0n) is 8.68. The molecule has 1 nitrogen and oxygen atoms in total. The third-order valence-corrected chi connectivity index (χ3v) is 3.88. The third kappa shape index (κ3) is 1.27. The Kier molecular flexibility index (Phi) is 2.13. The van der Waals surface area contributed by atoms with Crippen LogP contribution in [0.4, 0.5) is 0 Å². The lowest BCUT2D eigenvalue weighted by molar-refractivity contribution is 0.752. The molecule has 0 amide bonds. The van der Waals surface area contributed by atoms with Gasteiger partial charge in [-0.25, -0.2) is 0 Å². The summed E-state index contributed by atoms with van der Waals surface area (Å²) >= 11 is 3.63. The van der Waals surface area contributed by atoms with Gasteiger partial charge in [-0.2, -0.15) is 0 Å². The van der Waals surface area contributed by atoms with Gasteiger partial charge in [0.1, 0.15) is 0 Å². The molecule has 0 unspecified atom stereocenters. The molecule has 1 aromatic carbocycles. The van der Waals surface area contributed by atoms with E-state index < -0.39 is 0 Å². The molecular weight excluding hydrogens is 250 g/mol. The summed E-state index contributed by atoms with van der Waals surface area (Å²) in [7, 11) is 2.16. The summed E-state index contributed by atoms with van der Waals surface area (Å²) in [4.78, 5) is 0. The van der Waals surface area contributed by atoms with Gasteiger partial charge in [-0.05, 0) is 53.2 Å². The minimum atomic E-state index is 1.00. The summed E-state index contributed by atoms with van der Waals surface area (Å²) in [5.74, 6) is 0. The smallest absolute Gasteiger partial charge is 0.0627 e. The van der Waals surface area contributed by atoms with Crippen molar-refractivity contribution in [1.82, 2.24) is 4.57 Å². The molecule has 2 heteroatoms. The van der Waals surface area contributed by atoms with Crippen molar-refractivity contribution in [2.45, 2.75) is 19.3 Å². The molecule has 3 rings (SSSR count). The molecule has 0 bridgehead atoms. The number of hydrogen-bond donors (Lipinski definition) is 0. The fourth-order valence-corrected chi connectivity index (χ4v) is 3.16. The van der Waals surface area contributed by atoms with Crippen molar-refractivity contribution in [3.05, 3.63) is 40.4 Å².